The molecule has 1 heterocycles. The zero-order valence-electron chi connectivity index (χ0n) is 13.7. The van der Waals surface area contributed by atoms with Crippen LogP contribution < -0.4 is 20.1 Å². The van der Waals surface area contributed by atoms with Crippen LogP contribution in [0.25, 0.3) is 0 Å². The van der Waals surface area contributed by atoms with Crippen LogP contribution in [-0.2, 0) is 19.6 Å². The second kappa shape index (κ2) is 7.14. The van der Waals surface area contributed by atoms with E-state index in [9.17, 15) is 18.0 Å². The molecule has 0 bridgehead atoms. The average Bonchev–Trinajstić information content (AvgIpc) is 2.74. The lowest BCUT2D eigenvalue weighted by Gasteiger charge is -2.21. The Morgan fingerprint density at radius 1 is 1.15 bits per heavy atom. The third-order valence-electron chi connectivity index (χ3n) is 3.80. The number of nitrogens with one attached hydrogen (secondary N) is 1. The van der Waals surface area contributed by atoms with Gasteiger partial charge in [-0.15, -0.1) is 0 Å². The summed E-state index contributed by atoms with van der Waals surface area (Å²) in [7, 11) is -3.80. The van der Waals surface area contributed by atoms with Gasteiger partial charge in [0.1, 0.15) is 12.3 Å². The Morgan fingerprint density at radius 2 is 1.85 bits per heavy atom. The van der Waals surface area contributed by atoms with Crippen LogP contribution in [0.3, 0.4) is 0 Å². The maximum atomic E-state index is 12.3. The predicted octanol–water partition coefficient (Wildman–Crippen LogP) is 1.09. The van der Waals surface area contributed by atoms with Crippen LogP contribution in [0, 0.1) is 0 Å². The van der Waals surface area contributed by atoms with Crippen molar-refractivity contribution in [3.8, 4) is 5.75 Å². The molecule has 0 saturated carbocycles. The minimum absolute atomic E-state index is 0.0516. The summed E-state index contributed by atoms with van der Waals surface area (Å²) in [5.74, 6) is -0.0864. The third-order valence-corrected chi connectivity index (χ3v) is 4.73. The monoisotopic (exact) mass is 375 g/mol. The summed E-state index contributed by atoms with van der Waals surface area (Å²) >= 11 is 0. The van der Waals surface area contributed by atoms with Crippen molar-refractivity contribution >= 4 is 33.2 Å². The number of sulfonamides is 1. The fourth-order valence-corrected chi connectivity index (χ4v) is 3.08. The van der Waals surface area contributed by atoms with Crippen LogP contribution in [0.5, 0.6) is 5.75 Å². The van der Waals surface area contributed by atoms with Crippen LogP contribution >= 0.6 is 0 Å². The van der Waals surface area contributed by atoms with Gasteiger partial charge in [0.15, 0.2) is 0 Å². The van der Waals surface area contributed by atoms with Gasteiger partial charge in [-0.1, -0.05) is 12.1 Å². The Labute approximate surface area is 150 Å². The first kappa shape index (κ1) is 17.9. The first-order valence-corrected chi connectivity index (χ1v) is 9.34. The van der Waals surface area contributed by atoms with E-state index in [0.29, 0.717) is 17.1 Å². The molecular formula is C17H17N3O5S. The SMILES string of the molecule is NS(=O)(=O)c1ccc(NC(=O)CN2C(=O)CCOc3ccccc32)cc1. The standard InChI is InChI=1S/C17H17N3O5S/c18-26(23,24)13-7-5-12(6-8-13)19-16(21)11-20-14-3-1-2-4-15(14)25-10-9-17(20)22/h1-8H,9-11H2,(H,19,21)(H2,18,23,24). The Kier molecular flexibility index (Phi) is 4.92. The lowest BCUT2D eigenvalue weighted by Crippen LogP contribution is -2.37. The van der Waals surface area contributed by atoms with Crippen LogP contribution in [-0.4, -0.2) is 33.4 Å². The van der Waals surface area contributed by atoms with E-state index < -0.39 is 15.9 Å². The average molecular weight is 375 g/mol. The number of carbonyl (C=O) groups is 2. The van der Waals surface area contributed by atoms with Crippen LogP contribution in [0.1, 0.15) is 6.42 Å². The summed E-state index contributed by atoms with van der Waals surface area (Å²) < 4.78 is 28.0. The van der Waals surface area contributed by atoms with E-state index in [-0.39, 0.29) is 30.4 Å². The molecule has 0 saturated heterocycles. The molecule has 0 fully saturated rings. The van der Waals surface area contributed by atoms with E-state index in [2.05, 4.69) is 5.32 Å². The van der Waals surface area contributed by atoms with Gasteiger partial charge in [-0.05, 0) is 36.4 Å². The van der Waals surface area contributed by atoms with Gasteiger partial charge in [0.25, 0.3) is 0 Å². The van der Waals surface area contributed by atoms with E-state index in [1.807, 2.05) is 0 Å². The van der Waals surface area contributed by atoms with Crippen LogP contribution in [0.4, 0.5) is 11.4 Å². The van der Waals surface area contributed by atoms with Crippen molar-refractivity contribution in [1.29, 1.82) is 0 Å². The molecule has 1 aliphatic heterocycles. The van der Waals surface area contributed by atoms with Crippen LogP contribution in [0.15, 0.2) is 53.4 Å². The van der Waals surface area contributed by atoms with Crippen molar-refractivity contribution in [2.75, 3.05) is 23.4 Å². The van der Waals surface area contributed by atoms with E-state index in [0.717, 1.165) is 0 Å². The molecule has 0 spiro atoms. The number of benzene rings is 2. The number of rotatable bonds is 4. The van der Waals surface area contributed by atoms with Crippen molar-refractivity contribution in [3.63, 3.8) is 0 Å². The van der Waals surface area contributed by atoms with E-state index >= 15 is 0 Å². The number of hydrogen-bond donors (Lipinski definition) is 2. The molecular weight excluding hydrogens is 358 g/mol. The fourth-order valence-electron chi connectivity index (χ4n) is 2.57. The summed E-state index contributed by atoms with van der Waals surface area (Å²) in [6.07, 6.45) is 0.172. The lowest BCUT2D eigenvalue weighted by molar-refractivity contribution is -0.121. The van der Waals surface area contributed by atoms with E-state index in [4.69, 9.17) is 9.88 Å². The second-order valence-corrected chi connectivity index (χ2v) is 7.23. The van der Waals surface area contributed by atoms with E-state index in [1.54, 1.807) is 24.3 Å². The summed E-state index contributed by atoms with van der Waals surface area (Å²) in [4.78, 5) is 26.0. The van der Waals surface area contributed by atoms with E-state index in [1.165, 1.54) is 29.2 Å². The number of para-hydroxylation sites is 2. The Balaban J connectivity index is 1.74. The lowest BCUT2D eigenvalue weighted by atomic mass is 10.2. The van der Waals surface area contributed by atoms with Crippen molar-refractivity contribution < 1.29 is 22.7 Å². The molecule has 1 aliphatic rings. The third kappa shape index (κ3) is 4.01. The van der Waals surface area contributed by atoms with Crippen molar-refractivity contribution in [2.24, 2.45) is 5.14 Å². The van der Waals surface area contributed by atoms with Gasteiger partial charge in [-0.25, -0.2) is 13.6 Å². The fraction of sp³-hybridized carbons (Fsp3) is 0.176. The highest BCUT2D eigenvalue weighted by molar-refractivity contribution is 7.89. The minimum Gasteiger partial charge on any atom is -0.491 e. The zero-order chi connectivity index (χ0) is 18.7. The molecule has 0 aliphatic carbocycles. The molecule has 8 nitrogen and oxygen atoms in total. The Morgan fingerprint density at radius 3 is 2.54 bits per heavy atom. The number of amides is 2. The smallest absolute Gasteiger partial charge is 0.244 e. The maximum Gasteiger partial charge on any atom is 0.244 e. The normalized spacial score (nSPS) is 14.2. The molecule has 0 atom stereocenters. The number of primary sulfonamides is 1. The first-order chi connectivity index (χ1) is 12.3. The highest BCUT2D eigenvalue weighted by Crippen LogP contribution is 2.30. The van der Waals surface area contributed by atoms with Gasteiger partial charge in [0, 0.05) is 5.69 Å². The highest BCUT2D eigenvalue weighted by atomic mass is 32.2. The Bertz CT molecular complexity index is 941. The molecule has 0 radical (unpaired) electrons. The molecule has 0 aromatic heterocycles. The highest BCUT2D eigenvalue weighted by Gasteiger charge is 2.25. The molecule has 2 amide bonds. The summed E-state index contributed by atoms with van der Waals surface area (Å²) in [5, 5.41) is 7.67. The second-order valence-electron chi connectivity index (χ2n) is 5.66. The quantitative estimate of drug-likeness (QED) is 0.829. The topological polar surface area (TPSA) is 119 Å². The molecule has 3 rings (SSSR count). The van der Waals surface area contributed by atoms with Gasteiger partial charge in [-0.3, -0.25) is 14.5 Å². The molecule has 9 heteroatoms. The number of anilines is 2. The van der Waals surface area contributed by atoms with Gasteiger partial charge >= 0.3 is 0 Å². The number of ether oxygens (including phenoxy) is 1. The van der Waals surface area contributed by atoms with Gasteiger partial charge in [0.05, 0.1) is 23.6 Å². The molecule has 2 aromatic carbocycles. The first-order valence-electron chi connectivity index (χ1n) is 7.79. The van der Waals surface area contributed by atoms with Gasteiger partial charge in [0.2, 0.25) is 21.8 Å². The Hall–Kier alpha value is -2.91. The molecule has 2 aromatic rings. The number of hydrogen-bond acceptors (Lipinski definition) is 5. The molecule has 136 valence electrons. The number of nitrogens with two attached hydrogens (primary N) is 1. The zero-order valence-corrected chi connectivity index (χ0v) is 14.5. The molecule has 3 N–H and O–H groups in total. The van der Waals surface area contributed by atoms with Crippen molar-refractivity contribution in [1.82, 2.24) is 0 Å². The molecule has 0 unspecified atom stereocenters. The largest absolute Gasteiger partial charge is 0.491 e. The predicted molar refractivity (Wildman–Crippen MR) is 95.4 cm³/mol. The maximum absolute atomic E-state index is 12.3. The number of fused-ring (bicyclic) bond motifs is 1. The number of carbonyl (C=O) groups excluding carboxylic acids is 2. The van der Waals surface area contributed by atoms with Crippen molar-refractivity contribution in [2.45, 2.75) is 11.3 Å². The van der Waals surface area contributed by atoms with Gasteiger partial charge in [-0.2, -0.15) is 0 Å². The summed E-state index contributed by atoms with van der Waals surface area (Å²) in [5.41, 5.74) is 0.934. The molecule has 26 heavy (non-hydrogen) atoms. The minimum atomic E-state index is -3.80. The summed E-state index contributed by atoms with van der Waals surface area (Å²) in [6.45, 7) is 0.0686. The van der Waals surface area contributed by atoms with Crippen LogP contribution in [0.2, 0.25) is 0 Å². The summed E-state index contributed by atoms with van der Waals surface area (Å²) in [6, 6.07) is 12.5. The van der Waals surface area contributed by atoms with Crippen molar-refractivity contribution in [3.05, 3.63) is 48.5 Å². The van der Waals surface area contributed by atoms with Gasteiger partial charge < -0.3 is 10.1 Å². The number of nitrogens with zero attached hydrogens (tertiary/aromatic N) is 1.